The van der Waals surface area contributed by atoms with E-state index in [1.807, 2.05) is 54.8 Å². The standard InChI is InChI=1S/C52H55ClN10O4/c1-33(64)62-25-20-49-46(32-62)50(44-5-3-4-36-26-48(55-30-45(36)44)38-29-56-59(2)31-38)58-63(49)41-18-23-61(24-19-41)52(66)35-16-21-60(22-17-35)40-11-6-34(7-12-40)51(65)57-39-9-14-42(15-10-39)67-43-13-8-37(28-54)47(53)27-43/h3-8,11-13,26-27,29-31,35,39,41-42H,9-10,14-25,32H2,1-2H3,(H,57,65). The Balaban J connectivity index is 0.727. The molecule has 0 bridgehead atoms. The number of aryl methyl sites for hydroxylation is 1. The number of nitriles is 1. The number of hydrogen-bond donors (Lipinski definition) is 1. The zero-order valence-electron chi connectivity index (χ0n) is 38.0. The van der Waals surface area contributed by atoms with E-state index in [9.17, 15) is 14.4 Å². The van der Waals surface area contributed by atoms with Gasteiger partial charge in [-0.25, -0.2) is 0 Å². The van der Waals surface area contributed by atoms with Crippen LogP contribution in [-0.2, 0) is 29.6 Å². The van der Waals surface area contributed by atoms with Gasteiger partial charge in [-0.2, -0.15) is 15.5 Å². The lowest BCUT2D eigenvalue weighted by atomic mass is 9.92. The number of likely N-dealkylation sites (tertiary alicyclic amines) is 1. The first kappa shape index (κ1) is 44.1. The lowest BCUT2D eigenvalue weighted by Gasteiger charge is -2.38. The second-order valence-electron chi connectivity index (χ2n) is 18.6. The summed E-state index contributed by atoms with van der Waals surface area (Å²) in [6, 6.07) is 23.6. The van der Waals surface area contributed by atoms with Gasteiger partial charge < -0.3 is 24.8 Å². The van der Waals surface area contributed by atoms with E-state index in [1.54, 1.807) is 29.8 Å². The summed E-state index contributed by atoms with van der Waals surface area (Å²) >= 11 is 6.18. The van der Waals surface area contributed by atoms with Gasteiger partial charge in [-0.3, -0.25) is 28.7 Å². The zero-order valence-corrected chi connectivity index (χ0v) is 38.8. The van der Waals surface area contributed by atoms with E-state index in [0.717, 1.165) is 115 Å². The Labute approximate surface area is 395 Å². The summed E-state index contributed by atoms with van der Waals surface area (Å²) in [5, 5.41) is 24.5. The van der Waals surface area contributed by atoms with Crippen molar-refractivity contribution in [1.29, 1.82) is 5.26 Å². The SMILES string of the molecule is CC(=O)N1CCc2c(c(-c3cccc4cc(-c5cnn(C)c5)ncc34)nn2C2CCN(C(=O)C3CCN(c4ccc(C(=O)NC5CCC(Oc6ccc(C#N)c(Cl)c6)CC5)cc4)CC3)CC2)C1. The van der Waals surface area contributed by atoms with Gasteiger partial charge in [-0.15, -0.1) is 0 Å². The molecule has 0 spiro atoms. The van der Waals surface area contributed by atoms with Crippen molar-refractivity contribution >= 4 is 45.8 Å². The first-order valence-electron chi connectivity index (χ1n) is 23.6. The minimum atomic E-state index is -0.0752. The van der Waals surface area contributed by atoms with Gasteiger partial charge in [0.25, 0.3) is 5.91 Å². The lowest BCUT2D eigenvalue weighted by molar-refractivity contribution is -0.137. The largest absolute Gasteiger partial charge is 0.490 e. The third-order valence-electron chi connectivity index (χ3n) is 14.4. The highest BCUT2D eigenvalue weighted by molar-refractivity contribution is 6.31. The van der Waals surface area contributed by atoms with Crippen molar-refractivity contribution in [2.24, 2.45) is 13.0 Å². The fourth-order valence-corrected chi connectivity index (χ4v) is 10.8. The Morgan fingerprint density at radius 2 is 1.64 bits per heavy atom. The minimum Gasteiger partial charge on any atom is -0.490 e. The summed E-state index contributed by atoms with van der Waals surface area (Å²) < 4.78 is 10.1. The van der Waals surface area contributed by atoms with Crippen LogP contribution in [0.15, 0.2) is 85.3 Å². The van der Waals surface area contributed by atoms with E-state index >= 15 is 0 Å². The minimum absolute atomic E-state index is 0.0134. The van der Waals surface area contributed by atoms with Crippen molar-refractivity contribution in [3.63, 3.8) is 0 Å². The molecule has 1 N–H and O–H groups in total. The highest BCUT2D eigenvalue weighted by Gasteiger charge is 2.35. The molecule has 3 amide bonds. The number of carbonyl (C=O) groups excluding carboxylic acids is 3. The summed E-state index contributed by atoms with van der Waals surface area (Å²) in [6.45, 7) is 5.76. The van der Waals surface area contributed by atoms with Crippen LogP contribution in [0.5, 0.6) is 5.75 Å². The number of nitrogens with one attached hydrogen (secondary N) is 1. The molecule has 3 aromatic carbocycles. The number of halogens is 1. The Kier molecular flexibility index (Phi) is 12.4. The van der Waals surface area contributed by atoms with Gasteiger partial charge in [0, 0.05) is 129 Å². The quantitative estimate of drug-likeness (QED) is 0.151. The molecule has 4 aliphatic rings. The Morgan fingerprint density at radius 1 is 0.866 bits per heavy atom. The summed E-state index contributed by atoms with van der Waals surface area (Å²) in [5.74, 6) is 0.877. The van der Waals surface area contributed by atoms with Crippen LogP contribution in [0.25, 0.3) is 33.3 Å². The third-order valence-corrected chi connectivity index (χ3v) is 14.7. The molecule has 1 aliphatic carbocycles. The number of hydrogen-bond acceptors (Lipinski definition) is 9. The molecule has 0 radical (unpaired) electrons. The Morgan fingerprint density at radius 3 is 2.34 bits per heavy atom. The van der Waals surface area contributed by atoms with Gasteiger partial charge in [-0.05, 0) is 99.2 Å². The van der Waals surface area contributed by atoms with Crippen LogP contribution in [-0.4, -0.2) is 96.9 Å². The summed E-state index contributed by atoms with van der Waals surface area (Å²) in [4.78, 5) is 51.0. The number of piperidine rings is 2. The molecule has 67 heavy (non-hydrogen) atoms. The molecule has 344 valence electrons. The van der Waals surface area contributed by atoms with Crippen molar-refractivity contribution < 1.29 is 19.1 Å². The molecule has 15 heteroatoms. The van der Waals surface area contributed by atoms with Crippen molar-refractivity contribution in [3.05, 3.63) is 113 Å². The molecular formula is C52H55ClN10O4. The molecule has 0 atom stereocenters. The maximum Gasteiger partial charge on any atom is 0.251 e. The zero-order chi connectivity index (χ0) is 46.2. The predicted octanol–water partition coefficient (Wildman–Crippen LogP) is 8.13. The van der Waals surface area contributed by atoms with E-state index in [-0.39, 0.29) is 41.8 Å². The molecule has 1 saturated carbocycles. The number of pyridine rings is 1. The van der Waals surface area contributed by atoms with Crippen LogP contribution in [0.2, 0.25) is 5.02 Å². The van der Waals surface area contributed by atoms with Gasteiger partial charge in [0.05, 0.1) is 40.3 Å². The summed E-state index contributed by atoms with van der Waals surface area (Å²) in [5.41, 5.74) is 8.14. The monoisotopic (exact) mass is 918 g/mol. The fourth-order valence-electron chi connectivity index (χ4n) is 10.6. The number of ether oxygens (including phenoxy) is 1. The van der Waals surface area contributed by atoms with Crippen molar-refractivity contribution in [2.75, 3.05) is 37.6 Å². The molecule has 6 heterocycles. The molecular weight excluding hydrogens is 864 g/mol. The number of benzene rings is 3. The van der Waals surface area contributed by atoms with Crippen LogP contribution in [0.3, 0.4) is 0 Å². The van der Waals surface area contributed by atoms with Gasteiger partial charge in [0.15, 0.2) is 0 Å². The van der Waals surface area contributed by atoms with Gasteiger partial charge in [-0.1, -0.05) is 29.8 Å². The van der Waals surface area contributed by atoms with Gasteiger partial charge in [0.1, 0.15) is 11.8 Å². The van der Waals surface area contributed by atoms with E-state index in [1.165, 1.54) is 5.69 Å². The molecule has 2 saturated heterocycles. The van der Waals surface area contributed by atoms with E-state index in [4.69, 9.17) is 31.7 Å². The number of fused-ring (bicyclic) bond motifs is 2. The van der Waals surface area contributed by atoms with Crippen molar-refractivity contribution in [2.45, 2.75) is 89.4 Å². The van der Waals surface area contributed by atoms with Crippen LogP contribution < -0.4 is 15.0 Å². The Bertz CT molecular complexity index is 2860. The highest BCUT2D eigenvalue weighted by atomic mass is 35.5. The third kappa shape index (κ3) is 9.22. The van der Waals surface area contributed by atoms with Gasteiger partial charge in [0.2, 0.25) is 11.8 Å². The van der Waals surface area contributed by atoms with Crippen LogP contribution in [0, 0.1) is 17.2 Å². The average Bonchev–Trinajstić information content (AvgIpc) is 3.97. The molecule has 3 fully saturated rings. The maximum absolute atomic E-state index is 14.0. The number of anilines is 1. The molecule has 3 aliphatic heterocycles. The average molecular weight is 920 g/mol. The number of nitrogens with zero attached hydrogens (tertiary/aromatic N) is 9. The molecule has 14 nitrogen and oxygen atoms in total. The second-order valence-corrected chi connectivity index (χ2v) is 19.0. The lowest BCUT2D eigenvalue weighted by Crippen LogP contribution is -2.46. The van der Waals surface area contributed by atoms with E-state index < -0.39 is 0 Å². The first-order chi connectivity index (χ1) is 32.6. The van der Waals surface area contributed by atoms with E-state index in [0.29, 0.717) is 48.1 Å². The Hall–Kier alpha value is -6.72. The number of carbonyl (C=O) groups is 3. The normalized spacial score (nSPS) is 19.2. The van der Waals surface area contributed by atoms with Crippen molar-refractivity contribution in [1.82, 2.24) is 39.7 Å². The van der Waals surface area contributed by atoms with Crippen molar-refractivity contribution in [3.8, 4) is 34.3 Å². The van der Waals surface area contributed by atoms with Gasteiger partial charge >= 0.3 is 0 Å². The molecule has 3 aromatic heterocycles. The highest BCUT2D eigenvalue weighted by Crippen LogP contribution is 2.38. The van der Waals surface area contributed by atoms with Crippen LogP contribution in [0.4, 0.5) is 5.69 Å². The second kappa shape index (κ2) is 18.9. The number of amides is 3. The van der Waals surface area contributed by atoms with E-state index in [2.05, 4.69) is 55.2 Å². The molecule has 10 rings (SSSR count). The van der Waals surface area contributed by atoms with Crippen LogP contribution in [0.1, 0.15) is 91.5 Å². The fraction of sp³-hybridized carbons (Fsp3) is 0.404. The number of aromatic nitrogens is 5. The summed E-state index contributed by atoms with van der Waals surface area (Å²) in [7, 11) is 1.90. The van der Waals surface area contributed by atoms with Crippen LogP contribution >= 0.6 is 11.6 Å². The molecule has 0 unspecified atom stereocenters. The predicted molar refractivity (Wildman–Crippen MR) is 256 cm³/mol. The summed E-state index contributed by atoms with van der Waals surface area (Å²) in [6.07, 6.45) is 13.0. The number of rotatable bonds is 9. The first-order valence-corrected chi connectivity index (χ1v) is 24.0. The molecule has 6 aromatic rings. The topological polar surface area (TPSA) is 155 Å². The smallest absolute Gasteiger partial charge is 0.251 e. The maximum atomic E-state index is 14.0.